The van der Waals surface area contributed by atoms with Crippen molar-refractivity contribution in [1.82, 2.24) is 9.97 Å². The largest absolute Gasteiger partial charge is 0.481 e. The molecule has 0 saturated carbocycles. The van der Waals surface area contributed by atoms with E-state index in [1.165, 1.54) is 11.3 Å². The van der Waals surface area contributed by atoms with Gasteiger partial charge in [-0.05, 0) is 23.0 Å². The number of aromatic nitrogens is 2. The van der Waals surface area contributed by atoms with Gasteiger partial charge in [0.25, 0.3) is 0 Å². The summed E-state index contributed by atoms with van der Waals surface area (Å²) in [6.07, 6.45) is 0.0362. The Balaban J connectivity index is 2.22. The van der Waals surface area contributed by atoms with Crippen LogP contribution in [-0.2, 0) is 4.79 Å². The van der Waals surface area contributed by atoms with Crippen molar-refractivity contribution in [1.29, 1.82) is 0 Å². The van der Waals surface area contributed by atoms with Gasteiger partial charge in [-0.1, -0.05) is 0 Å². The number of aliphatic carboxylic acids is 1. The van der Waals surface area contributed by atoms with Crippen molar-refractivity contribution in [3.05, 3.63) is 16.7 Å². The van der Waals surface area contributed by atoms with Crippen LogP contribution in [-0.4, -0.2) is 27.6 Å². The Morgan fingerprint density at radius 3 is 3.12 bits per heavy atom. The lowest BCUT2D eigenvalue weighted by atomic mass is 10.4. The Hall–Kier alpha value is -1.40. The number of anilines is 1. The van der Waals surface area contributed by atoms with Gasteiger partial charge in [0.2, 0.25) is 5.28 Å². The molecule has 0 amide bonds. The van der Waals surface area contributed by atoms with E-state index in [2.05, 4.69) is 15.3 Å². The highest BCUT2D eigenvalue weighted by Gasteiger charge is 2.07. The van der Waals surface area contributed by atoms with Crippen LogP contribution in [0, 0.1) is 0 Å². The Bertz CT molecular complexity index is 528. The molecule has 2 aromatic rings. The fourth-order valence-corrected chi connectivity index (χ4v) is 2.22. The first-order valence-electron chi connectivity index (χ1n) is 4.53. The minimum atomic E-state index is -0.852. The number of hydrogen-bond donors (Lipinski definition) is 2. The van der Waals surface area contributed by atoms with Gasteiger partial charge < -0.3 is 10.4 Å². The van der Waals surface area contributed by atoms with E-state index in [0.29, 0.717) is 12.4 Å². The lowest BCUT2D eigenvalue weighted by Gasteiger charge is -2.04. The van der Waals surface area contributed by atoms with Gasteiger partial charge >= 0.3 is 5.97 Å². The van der Waals surface area contributed by atoms with Crippen molar-refractivity contribution >= 4 is 44.9 Å². The number of fused-ring (bicyclic) bond motifs is 1. The second kappa shape index (κ2) is 4.63. The fraction of sp³-hybridized carbons (Fsp3) is 0.222. The molecule has 2 N–H and O–H groups in total. The number of carboxylic acid groups (broad SMARTS) is 1. The summed E-state index contributed by atoms with van der Waals surface area (Å²) in [6.45, 7) is 0.315. The molecule has 2 aromatic heterocycles. The summed E-state index contributed by atoms with van der Waals surface area (Å²) in [5.41, 5.74) is 0.767. The standard InChI is InChI=1S/C9H8ClN3O2S/c10-9-12-5-2-4-16-7(5)8(13-9)11-3-1-6(14)15/h2,4H,1,3H2,(H,14,15)(H,11,12,13). The first-order chi connectivity index (χ1) is 7.66. The molecule has 0 spiro atoms. The van der Waals surface area contributed by atoms with Crippen LogP contribution in [0.2, 0.25) is 5.28 Å². The van der Waals surface area contributed by atoms with E-state index in [0.717, 1.165) is 10.2 Å². The third-order valence-corrected chi connectivity index (χ3v) is 2.99. The molecule has 84 valence electrons. The topological polar surface area (TPSA) is 75.1 Å². The van der Waals surface area contributed by atoms with E-state index in [9.17, 15) is 4.79 Å². The monoisotopic (exact) mass is 257 g/mol. The number of carbonyl (C=O) groups is 1. The van der Waals surface area contributed by atoms with E-state index in [4.69, 9.17) is 16.7 Å². The number of nitrogens with zero attached hydrogens (tertiary/aromatic N) is 2. The maximum Gasteiger partial charge on any atom is 0.305 e. The highest BCUT2D eigenvalue weighted by atomic mass is 35.5. The molecule has 0 saturated heterocycles. The maximum absolute atomic E-state index is 10.4. The van der Waals surface area contributed by atoms with Gasteiger partial charge in [-0.25, -0.2) is 4.98 Å². The number of nitrogens with one attached hydrogen (secondary N) is 1. The van der Waals surface area contributed by atoms with Gasteiger partial charge in [-0.2, -0.15) is 4.98 Å². The van der Waals surface area contributed by atoms with Crippen LogP contribution < -0.4 is 5.32 Å². The highest BCUT2D eigenvalue weighted by Crippen LogP contribution is 2.26. The minimum absolute atomic E-state index is 0.0362. The zero-order valence-corrected chi connectivity index (χ0v) is 9.68. The molecule has 7 heteroatoms. The van der Waals surface area contributed by atoms with E-state index in [1.807, 2.05) is 11.4 Å². The number of halogens is 1. The van der Waals surface area contributed by atoms with Crippen molar-refractivity contribution in [2.75, 3.05) is 11.9 Å². The van der Waals surface area contributed by atoms with Gasteiger partial charge in [0.1, 0.15) is 5.82 Å². The summed E-state index contributed by atoms with van der Waals surface area (Å²) < 4.78 is 0.884. The predicted molar refractivity (Wildman–Crippen MR) is 63.2 cm³/mol. The molecule has 0 atom stereocenters. The lowest BCUT2D eigenvalue weighted by molar-refractivity contribution is -0.136. The van der Waals surface area contributed by atoms with Gasteiger partial charge in [0, 0.05) is 6.54 Å². The first-order valence-corrected chi connectivity index (χ1v) is 5.79. The second-order valence-corrected chi connectivity index (χ2v) is 4.30. The smallest absolute Gasteiger partial charge is 0.305 e. The van der Waals surface area contributed by atoms with Crippen LogP contribution >= 0.6 is 22.9 Å². The van der Waals surface area contributed by atoms with E-state index in [1.54, 1.807) is 0 Å². The van der Waals surface area contributed by atoms with Crippen LogP contribution in [0.3, 0.4) is 0 Å². The van der Waals surface area contributed by atoms with Crippen LogP contribution in [0.25, 0.3) is 10.2 Å². The molecule has 0 fully saturated rings. The molecule has 0 aliphatic rings. The Morgan fingerprint density at radius 1 is 1.56 bits per heavy atom. The van der Waals surface area contributed by atoms with Gasteiger partial charge in [0.05, 0.1) is 16.6 Å². The molecule has 5 nitrogen and oxygen atoms in total. The number of thiophene rings is 1. The van der Waals surface area contributed by atoms with Crippen molar-refractivity contribution in [2.45, 2.75) is 6.42 Å². The average molecular weight is 258 g/mol. The van der Waals surface area contributed by atoms with E-state index in [-0.39, 0.29) is 11.7 Å². The average Bonchev–Trinajstić information content (AvgIpc) is 2.64. The fourth-order valence-electron chi connectivity index (χ4n) is 1.24. The molecule has 0 aliphatic heterocycles. The van der Waals surface area contributed by atoms with Gasteiger partial charge in [-0.3, -0.25) is 4.79 Å². The van der Waals surface area contributed by atoms with Crippen molar-refractivity contribution in [3.63, 3.8) is 0 Å². The molecule has 0 unspecified atom stereocenters. The predicted octanol–water partition coefficient (Wildman–Crippen LogP) is 2.23. The Labute approximate surface area is 100 Å². The molecule has 0 bridgehead atoms. The molecular formula is C9H8ClN3O2S. The molecule has 2 heterocycles. The molecule has 16 heavy (non-hydrogen) atoms. The summed E-state index contributed by atoms with van der Waals surface area (Å²) in [5.74, 6) is -0.263. The SMILES string of the molecule is O=C(O)CCNc1nc(Cl)nc2ccsc12. The van der Waals surface area contributed by atoms with Gasteiger partial charge in [0.15, 0.2) is 0 Å². The Morgan fingerprint density at radius 2 is 2.38 bits per heavy atom. The third kappa shape index (κ3) is 2.40. The Kier molecular flexibility index (Phi) is 3.21. The van der Waals surface area contributed by atoms with Crippen molar-refractivity contribution < 1.29 is 9.90 Å². The zero-order chi connectivity index (χ0) is 11.5. The van der Waals surface area contributed by atoms with E-state index >= 15 is 0 Å². The summed E-state index contributed by atoms with van der Waals surface area (Å²) in [4.78, 5) is 18.5. The summed E-state index contributed by atoms with van der Waals surface area (Å²) >= 11 is 7.24. The van der Waals surface area contributed by atoms with Crippen LogP contribution in [0.15, 0.2) is 11.4 Å². The first kappa shape index (κ1) is 11.1. The molecule has 2 rings (SSSR count). The van der Waals surface area contributed by atoms with Crippen molar-refractivity contribution in [3.8, 4) is 0 Å². The molecule has 0 aromatic carbocycles. The van der Waals surface area contributed by atoms with Crippen LogP contribution in [0.5, 0.6) is 0 Å². The van der Waals surface area contributed by atoms with Crippen LogP contribution in [0.1, 0.15) is 6.42 Å². The van der Waals surface area contributed by atoms with Gasteiger partial charge in [-0.15, -0.1) is 11.3 Å². The summed E-state index contributed by atoms with van der Waals surface area (Å²) in [7, 11) is 0. The number of carboxylic acids is 1. The summed E-state index contributed by atoms with van der Waals surface area (Å²) in [6, 6.07) is 1.84. The van der Waals surface area contributed by atoms with Crippen molar-refractivity contribution in [2.24, 2.45) is 0 Å². The van der Waals surface area contributed by atoms with E-state index < -0.39 is 5.97 Å². The third-order valence-electron chi connectivity index (χ3n) is 1.91. The molecule has 0 aliphatic carbocycles. The summed E-state index contributed by atoms with van der Waals surface area (Å²) in [5, 5.41) is 13.5. The number of hydrogen-bond acceptors (Lipinski definition) is 5. The molecular weight excluding hydrogens is 250 g/mol. The van der Waals surface area contributed by atoms with Crippen LogP contribution in [0.4, 0.5) is 5.82 Å². The quantitative estimate of drug-likeness (QED) is 0.822. The lowest BCUT2D eigenvalue weighted by Crippen LogP contribution is -2.08. The minimum Gasteiger partial charge on any atom is -0.481 e. The number of rotatable bonds is 4. The molecule has 0 radical (unpaired) electrons. The highest BCUT2D eigenvalue weighted by molar-refractivity contribution is 7.17. The zero-order valence-electron chi connectivity index (χ0n) is 8.11. The maximum atomic E-state index is 10.4. The normalized spacial score (nSPS) is 10.6. The second-order valence-electron chi connectivity index (χ2n) is 3.05.